The van der Waals surface area contributed by atoms with Gasteiger partial charge in [-0.05, 0) is 25.7 Å². The largest absolute Gasteiger partial charge is 0.388 e. The molecule has 160 valence electrons. The first kappa shape index (κ1) is 24.9. The monoisotopic (exact) mass is 496 g/mol. The summed E-state index contributed by atoms with van der Waals surface area (Å²) in [6.45, 7) is 12.6. The van der Waals surface area contributed by atoms with Crippen LogP contribution in [0.25, 0.3) is 0 Å². The van der Waals surface area contributed by atoms with Gasteiger partial charge in [0.25, 0.3) is 0 Å². The quantitative estimate of drug-likeness (QED) is 0.260. The molecular weight excluding hydrogens is 455 g/mol. The Balaban J connectivity index is 0.00000364. The molecule has 0 spiro atoms. The second kappa shape index (κ2) is 13.2. The van der Waals surface area contributed by atoms with E-state index in [0.29, 0.717) is 18.5 Å². The lowest BCUT2D eigenvalue weighted by molar-refractivity contribution is 0.00270. The van der Waals surface area contributed by atoms with Crippen molar-refractivity contribution in [3.63, 3.8) is 0 Å². The lowest BCUT2D eigenvalue weighted by atomic mass is 9.92. The fourth-order valence-electron chi connectivity index (χ4n) is 4.30. The van der Waals surface area contributed by atoms with Gasteiger partial charge in [-0.25, -0.2) is 0 Å². The van der Waals surface area contributed by atoms with Gasteiger partial charge in [0.2, 0.25) is 0 Å². The van der Waals surface area contributed by atoms with E-state index in [0.717, 1.165) is 71.0 Å². The Morgan fingerprint density at radius 3 is 2.30 bits per heavy atom. The van der Waals surface area contributed by atoms with Crippen molar-refractivity contribution in [1.29, 1.82) is 0 Å². The zero-order valence-electron chi connectivity index (χ0n) is 17.5. The molecule has 1 unspecified atom stereocenters. The molecule has 6 nitrogen and oxygen atoms in total. The van der Waals surface area contributed by atoms with Gasteiger partial charge in [-0.1, -0.05) is 39.5 Å². The molecule has 7 heteroatoms. The molecule has 1 aliphatic carbocycles. The van der Waals surface area contributed by atoms with Gasteiger partial charge in [-0.3, -0.25) is 9.89 Å². The number of nitrogens with zero attached hydrogens (tertiary/aromatic N) is 2. The number of morpholine rings is 1. The predicted molar refractivity (Wildman–Crippen MR) is 123 cm³/mol. The van der Waals surface area contributed by atoms with Gasteiger partial charge in [0.1, 0.15) is 0 Å². The molecule has 0 aromatic carbocycles. The van der Waals surface area contributed by atoms with Crippen LogP contribution in [0.4, 0.5) is 0 Å². The van der Waals surface area contributed by atoms with Crippen LogP contribution in [0.2, 0.25) is 0 Å². The van der Waals surface area contributed by atoms with Gasteiger partial charge < -0.3 is 20.5 Å². The fraction of sp³-hybridized carbons (Fsp3) is 0.950. The van der Waals surface area contributed by atoms with E-state index in [9.17, 15) is 5.11 Å². The van der Waals surface area contributed by atoms with Gasteiger partial charge >= 0.3 is 0 Å². The normalized spacial score (nSPS) is 21.7. The number of rotatable bonds is 9. The van der Waals surface area contributed by atoms with Gasteiger partial charge in [-0.15, -0.1) is 24.0 Å². The molecule has 1 saturated heterocycles. The van der Waals surface area contributed by atoms with E-state index in [1.807, 2.05) is 0 Å². The predicted octanol–water partition coefficient (Wildman–Crippen LogP) is 2.60. The molecule has 0 aromatic heterocycles. The third-order valence-electron chi connectivity index (χ3n) is 6.00. The Morgan fingerprint density at radius 1 is 1.11 bits per heavy atom. The van der Waals surface area contributed by atoms with E-state index in [4.69, 9.17) is 9.73 Å². The lowest BCUT2D eigenvalue weighted by Gasteiger charge is -2.39. The summed E-state index contributed by atoms with van der Waals surface area (Å²) in [5, 5.41) is 17.5. The first-order valence-corrected chi connectivity index (χ1v) is 10.7. The summed E-state index contributed by atoms with van der Waals surface area (Å²) in [7, 11) is 0. The number of aliphatic imine (C=N–C) groups is 1. The minimum atomic E-state index is -0.596. The van der Waals surface area contributed by atoms with Crippen LogP contribution in [0.1, 0.15) is 59.3 Å². The zero-order chi connectivity index (χ0) is 18.8. The van der Waals surface area contributed by atoms with E-state index >= 15 is 0 Å². The second-order valence-electron chi connectivity index (χ2n) is 7.80. The minimum absolute atomic E-state index is 0. The number of halogens is 1. The highest BCUT2D eigenvalue weighted by molar-refractivity contribution is 14.0. The summed E-state index contributed by atoms with van der Waals surface area (Å²) in [5.41, 5.74) is -0.596. The van der Waals surface area contributed by atoms with Crippen LogP contribution in [0, 0.1) is 5.92 Å². The summed E-state index contributed by atoms with van der Waals surface area (Å²) in [6.07, 6.45) is 6.36. The van der Waals surface area contributed by atoms with E-state index in [1.165, 1.54) is 12.8 Å². The summed E-state index contributed by atoms with van der Waals surface area (Å²) < 4.78 is 5.54. The smallest absolute Gasteiger partial charge is 0.191 e. The van der Waals surface area contributed by atoms with Crippen LogP contribution in [-0.2, 0) is 4.74 Å². The van der Waals surface area contributed by atoms with Crippen molar-refractivity contribution < 1.29 is 9.84 Å². The molecule has 1 saturated carbocycles. The van der Waals surface area contributed by atoms with Crippen LogP contribution in [0.3, 0.4) is 0 Å². The number of ether oxygens (including phenoxy) is 1. The molecule has 0 amide bonds. The van der Waals surface area contributed by atoms with Gasteiger partial charge in [0.15, 0.2) is 5.96 Å². The fourth-order valence-corrected chi connectivity index (χ4v) is 4.30. The maximum Gasteiger partial charge on any atom is 0.191 e. The Labute approximate surface area is 182 Å². The van der Waals surface area contributed by atoms with Crippen molar-refractivity contribution in [2.75, 3.05) is 45.9 Å². The molecule has 2 aliphatic rings. The molecule has 1 aliphatic heterocycles. The van der Waals surface area contributed by atoms with Crippen molar-refractivity contribution in [1.82, 2.24) is 15.5 Å². The minimum Gasteiger partial charge on any atom is -0.388 e. The SMILES string of the molecule is CCNC(=NCC1(O)CCCC1)NCC(C(CC)CC)N1CCOCC1.I. The van der Waals surface area contributed by atoms with Crippen LogP contribution in [0.5, 0.6) is 0 Å². The highest BCUT2D eigenvalue weighted by atomic mass is 127. The van der Waals surface area contributed by atoms with Gasteiger partial charge in [0.05, 0.1) is 25.4 Å². The van der Waals surface area contributed by atoms with E-state index in [-0.39, 0.29) is 24.0 Å². The van der Waals surface area contributed by atoms with E-state index in [2.05, 4.69) is 36.3 Å². The second-order valence-corrected chi connectivity index (χ2v) is 7.80. The molecule has 27 heavy (non-hydrogen) atoms. The Morgan fingerprint density at radius 2 is 1.74 bits per heavy atom. The third-order valence-corrected chi connectivity index (χ3v) is 6.00. The summed E-state index contributed by atoms with van der Waals surface area (Å²) in [6, 6.07) is 0.493. The highest BCUT2D eigenvalue weighted by Gasteiger charge is 2.31. The summed E-state index contributed by atoms with van der Waals surface area (Å²) in [4.78, 5) is 7.27. The number of hydrogen-bond acceptors (Lipinski definition) is 4. The zero-order valence-corrected chi connectivity index (χ0v) is 19.8. The lowest BCUT2D eigenvalue weighted by Crippen LogP contribution is -2.53. The third kappa shape index (κ3) is 8.03. The molecule has 3 N–H and O–H groups in total. The molecule has 1 atom stereocenters. The van der Waals surface area contributed by atoms with Crippen LogP contribution < -0.4 is 10.6 Å². The molecule has 1 heterocycles. The van der Waals surface area contributed by atoms with Crippen molar-refractivity contribution in [2.45, 2.75) is 70.9 Å². The van der Waals surface area contributed by atoms with Crippen LogP contribution in [0.15, 0.2) is 4.99 Å². The standard InChI is InChI=1S/C20H40N4O2.HI/c1-4-17(5-2)18(24-11-13-26-14-12-24)15-22-19(21-6-3)23-16-20(25)9-7-8-10-20;/h17-18,25H,4-16H2,1-3H3,(H2,21,22,23);1H. The number of nitrogens with one attached hydrogen (secondary N) is 2. The molecule has 0 radical (unpaired) electrons. The number of aliphatic hydroxyl groups is 1. The van der Waals surface area contributed by atoms with Gasteiger partial charge in [-0.2, -0.15) is 0 Å². The Bertz CT molecular complexity index is 420. The number of hydrogen-bond donors (Lipinski definition) is 3. The van der Waals surface area contributed by atoms with Crippen LogP contribution in [-0.4, -0.2) is 73.5 Å². The van der Waals surface area contributed by atoms with Crippen molar-refractivity contribution in [2.24, 2.45) is 10.9 Å². The van der Waals surface area contributed by atoms with Crippen LogP contribution >= 0.6 is 24.0 Å². The van der Waals surface area contributed by atoms with E-state index < -0.39 is 5.60 Å². The molecule has 0 bridgehead atoms. The van der Waals surface area contributed by atoms with Gasteiger partial charge in [0, 0.05) is 32.2 Å². The van der Waals surface area contributed by atoms with E-state index in [1.54, 1.807) is 0 Å². The Hall–Kier alpha value is -0.120. The molecule has 2 rings (SSSR count). The summed E-state index contributed by atoms with van der Waals surface area (Å²) in [5.74, 6) is 1.50. The highest BCUT2D eigenvalue weighted by Crippen LogP contribution is 2.29. The first-order valence-electron chi connectivity index (χ1n) is 10.7. The van der Waals surface area contributed by atoms with Crippen molar-refractivity contribution in [3.05, 3.63) is 0 Å². The molecule has 0 aromatic rings. The molecule has 2 fully saturated rings. The maximum atomic E-state index is 10.6. The number of guanidine groups is 1. The Kier molecular flexibility index (Phi) is 12.2. The average molecular weight is 496 g/mol. The maximum absolute atomic E-state index is 10.6. The van der Waals surface area contributed by atoms with Crippen molar-refractivity contribution >= 4 is 29.9 Å². The first-order chi connectivity index (χ1) is 12.6. The molecular formula is C20H41IN4O2. The topological polar surface area (TPSA) is 69.1 Å². The van der Waals surface area contributed by atoms with Crippen molar-refractivity contribution in [3.8, 4) is 0 Å². The summed E-state index contributed by atoms with van der Waals surface area (Å²) >= 11 is 0. The average Bonchev–Trinajstić information content (AvgIpc) is 3.10.